The third kappa shape index (κ3) is 3.68. The van der Waals surface area contributed by atoms with Crippen LogP contribution in [-0.4, -0.2) is 47.7 Å². The van der Waals surface area contributed by atoms with Crippen molar-refractivity contribution in [2.75, 3.05) is 43.6 Å². The zero-order chi connectivity index (χ0) is 16.2. The van der Waals surface area contributed by atoms with Gasteiger partial charge in [0, 0.05) is 58.8 Å². The minimum Gasteiger partial charge on any atom is -0.378 e. The highest BCUT2D eigenvalue weighted by Crippen LogP contribution is 2.21. The van der Waals surface area contributed by atoms with Crippen molar-refractivity contribution in [2.45, 2.75) is 7.43 Å². The van der Waals surface area contributed by atoms with Gasteiger partial charge in [0.05, 0.1) is 13.2 Å². The van der Waals surface area contributed by atoms with E-state index in [1.165, 1.54) is 0 Å². The van der Waals surface area contributed by atoms with Gasteiger partial charge in [0.2, 0.25) is 0 Å². The van der Waals surface area contributed by atoms with Crippen LogP contribution in [0.5, 0.6) is 0 Å². The van der Waals surface area contributed by atoms with Crippen molar-refractivity contribution >= 4 is 23.5 Å². The van der Waals surface area contributed by atoms with E-state index in [4.69, 9.17) is 4.74 Å². The second-order valence-electron chi connectivity index (χ2n) is 5.32. The fraction of sp³-hybridized carbons (Fsp3) is 0.412. The molecule has 2 aromatic heterocycles. The average molecular weight is 332 g/mol. The molecule has 1 aliphatic rings. The van der Waals surface area contributed by atoms with E-state index in [1.54, 1.807) is 13.2 Å². The molecule has 0 unspecified atom stereocenters. The van der Waals surface area contributed by atoms with Crippen LogP contribution in [0.15, 0.2) is 36.0 Å². The average Bonchev–Trinajstić information content (AvgIpc) is 2.95. The number of morpholine rings is 1. The molecule has 132 valence electrons. The molecule has 1 saturated heterocycles. The second-order valence-corrected chi connectivity index (χ2v) is 5.32. The Morgan fingerprint density at radius 3 is 2.79 bits per heavy atom. The van der Waals surface area contributed by atoms with Crippen LogP contribution < -0.4 is 15.7 Å². The molecular formula is C17H28N6O. The SMILES string of the molecule is C.C=Cn1ccc(Nc2cc(N3CCOCC3)n(C)n2)cc1=NC.[HH]. The van der Waals surface area contributed by atoms with E-state index in [0.717, 1.165) is 49.1 Å². The van der Waals surface area contributed by atoms with Gasteiger partial charge in [0.1, 0.15) is 11.3 Å². The van der Waals surface area contributed by atoms with Crippen LogP contribution in [0.1, 0.15) is 8.85 Å². The monoisotopic (exact) mass is 332 g/mol. The topological polar surface area (TPSA) is 59.6 Å². The van der Waals surface area contributed by atoms with E-state index in [0.29, 0.717) is 0 Å². The molecule has 1 aliphatic heterocycles. The number of nitrogens with one attached hydrogen (secondary N) is 1. The molecule has 7 nitrogen and oxygen atoms in total. The molecule has 0 atom stereocenters. The maximum Gasteiger partial charge on any atom is 0.154 e. The lowest BCUT2D eigenvalue weighted by atomic mass is 10.3. The number of ether oxygens (including phenoxy) is 1. The quantitative estimate of drug-likeness (QED) is 0.933. The lowest BCUT2D eigenvalue weighted by Gasteiger charge is -2.28. The van der Waals surface area contributed by atoms with Crippen molar-refractivity contribution in [2.24, 2.45) is 12.0 Å². The number of pyridine rings is 1. The molecule has 0 spiro atoms. The first-order chi connectivity index (χ1) is 11.2. The maximum atomic E-state index is 5.40. The molecule has 0 aliphatic carbocycles. The summed E-state index contributed by atoms with van der Waals surface area (Å²) in [4.78, 5) is 6.53. The molecule has 1 N–H and O–H groups in total. The molecule has 7 heteroatoms. The predicted molar refractivity (Wildman–Crippen MR) is 101 cm³/mol. The Morgan fingerprint density at radius 1 is 1.38 bits per heavy atom. The third-order valence-corrected chi connectivity index (χ3v) is 3.85. The smallest absolute Gasteiger partial charge is 0.154 e. The molecule has 0 aromatic carbocycles. The van der Waals surface area contributed by atoms with Crippen molar-refractivity contribution in [3.63, 3.8) is 0 Å². The number of hydrogen-bond donors (Lipinski definition) is 1. The Balaban J connectivity index is 0.00000156. The first-order valence-corrected chi connectivity index (χ1v) is 7.62. The lowest BCUT2D eigenvalue weighted by Crippen LogP contribution is -2.37. The molecule has 3 rings (SSSR count). The fourth-order valence-corrected chi connectivity index (χ4v) is 2.67. The number of aryl methyl sites for hydroxylation is 1. The van der Waals surface area contributed by atoms with Gasteiger partial charge >= 0.3 is 0 Å². The highest BCUT2D eigenvalue weighted by Gasteiger charge is 2.16. The summed E-state index contributed by atoms with van der Waals surface area (Å²) in [5.41, 5.74) is 1.77. The van der Waals surface area contributed by atoms with Crippen LogP contribution in [0.2, 0.25) is 0 Å². The van der Waals surface area contributed by atoms with Gasteiger partial charge in [-0.05, 0) is 6.07 Å². The Hall–Kier alpha value is -2.54. The Labute approximate surface area is 144 Å². The van der Waals surface area contributed by atoms with Crippen molar-refractivity contribution in [1.82, 2.24) is 14.3 Å². The minimum absolute atomic E-state index is 0. The molecule has 3 heterocycles. The molecule has 2 aromatic rings. The number of hydrogen-bond acceptors (Lipinski definition) is 5. The summed E-state index contributed by atoms with van der Waals surface area (Å²) < 4.78 is 9.16. The largest absolute Gasteiger partial charge is 0.378 e. The van der Waals surface area contributed by atoms with Crippen molar-refractivity contribution in [3.8, 4) is 0 Å². The van der Waals surface area contributed by atoms with Gasteiger partial charge in [-0.3, -0.25) is 9.67 Å². The van der Waals surface area contributed by atoms with E-state index in [9.17, 15) is 0 Å². The van der Waals surface area contributed by atoms with Gasteiger partial charge in [-0.2, -0.15) is 5.10 Å². The predicted octanol–water partition coefficient (Wildman–Crippen LogP) is 2.31. The van der Waals surface area contributed by atoms with Crippen molar-refractivity contribution in [1.29, 1.82) is 0 Å². The van der Waals surface area contributed by atoms with E-state index < -0.39 is 0 Å². The first kappa shape index (κ1) is 17.8. The number of nitrogens with zero attached hydrogens (tertiary/aromatic N) is 5. The van der Waals surface area contributed by atoms with Crippen LogP contribution in [0.25, 0.3) is 6.20 Å². The van der Waals surface area contributed by atoms with Gasteiger partial charge in [-0.15, -0.1) is 0 Å². The Morgan fingerprint density at radius 2 is 2.12 bits per heavy atom. The van der Waals surface area contributed by atoms with Gasteiger partial charge in [-0.1, -0.05) is 14.0 Å². The Kier molecular flexibility index (Phi) is 5.81. The zero-order valence-corrected chi connectivity index (χ0v) is 13.6. The minimum atomic E-state index is 0. The van der Waals surface area contributed by atoms with E-state index in [2.05, 4.69) is 33.0 Å². The summed E-state index contributed by atoms with van der Waals surface area (Å²) in [7, 11) is 3.72. The van der Waals surface area contributed by atoms with E-state index >= 15 is 0 Å². The first-order valence-electron chi connectivity index (χ1n) is 7.62. The normalized spacial score (nSPS) is 15.1. The molecule has 0 bridgehead atoms. The summed E-state index contributed by atoms with van der Waals surface area (Å²) in [5, 5.41) is 7.88. The maximum absolute atomic E-state index is 5.40. The second kappa shape index (κ2) is 7.83. The van der Waals surface area contributed by atoms with Crippen LogP contribution in [0.3, 0.4) is 0 Å². The molecule has 24 heavy (non-hydrogen) atoms. The summed E-state index contributed by atoms with van der Waals surface area (Å²) in [6.45, 7) is 7.07. The van der Waals surface area contributed by atoms with Crippen molar-refractivity contribution < 1.29 is 6.16 Å². The standard InChI is InChI=1S/C16H22N6O.CH4.H2/c1-4-21-6-5-13(11-15(21)17-2)18-14-12-16(20(3)19-14)22-7-9-23-10-8-22;;/h4-6,11-12H,1,7-10H2,2-3H3,(H,18,19);1H4;1H. The summed E-state index contributed by atoms with van der Waals surface area (Å²) in [5.74, 6) is 1.90. The Bertz CT molecular complexity index is 761. The van der Waals surface area contributed by atoms with Crippen LogP contribution >= 0.6 is 0 Å². The highest BCUT2D eigenvalue weighted by molar-refractivity contribution is 5.60. The van der Waals surface area contributed by atoms with E-state index in [1.807, 2.05) is 34.6 Å². The van der Waals surface area contributed by atoms with Gasteiger partial charge in [0.25, 0.3) is 0 Å². The fourth-order valence-electron chi connectivity index (χ4n) is 2.67. The van der Waals surface area contributed by atoms with E-state index in [-0.39, 0.29) is 8.85 Å². The van der Waals surface area contributed by atoms with Crippen LogP contribution in [0.4, 0.5) is 17.3 Å². The van der Waals surface area contributed by atoms with Gasteiger partial charge in [-0.25, -0.2) is 0 Å². The number of aromatic nitrogens is 3. The zero-order valence-electron chi connectivity index (χ0n) is 13.6. The molecule has 1 fully saturated rings. The molecule has 0 radical (unpaired) electrons. The van der Waals surface area contributed by atoms with Crippen LogP contribution in [0, 0.1) is 0 Å². The molecule has 0 amide bonds. The number of anilines is 3. The number of rotatable bonds is 4. The lowest BCUT2D eigenvalue weighted by molar-refractivity contribution is 0.122. The molecular weight excluding hydrogens is 304 g/mol. The molecule has 0 saturated carbocycles. The summed E-state index contributed by atoms with van der Waals surface area (Å²) in [6, 6.07) is 5.99. The summed E-state index contributed by atoms with van der Waals surface area (Å²) >= 11 is 0. The van der Waals surface area contributed by atoms with Gasteiger partial charge in [0.15, 0.2) is 5.82 Å². The highest BCUT2D eigenvalue weighted by atomic mass is 16.5. The third-order valence-electron chi connectivity index (χ3n) is 3.85. The van der Waals surface area contributed by atoms with Crippen LogP contribution in [-0.2, 0) is 11.8 Å². The van der Waals surface area contributed by atoms with Gasteiger partial charge < -0.3 is 19.5 Å². The summed E-state index contributed by atoms with van der Waals surface area (Å²) in [6.07, 6.45) is 3.65. The van der Waals surface area contributed by atoms with Crippen molar-refractivity contribution in [3.05, 3.63) is 36.5 Å².